The number of hydrogen-bond donors (Lipinski definition) is 1. The quantitative estimate of drug-likeness (QED) is 0.287. The number of aromatic nitrogens is 2. The first-order valence-corrected chi connectivity index (χ1v) is 15.1. The third-order valence-corrected chi connectivity index (χ3v) is 9.50. The number of sulfonamides is 1. The standard InChI is InChI=1S/C28H30N4O6S2/c1-6-31(7-2)40(36,37)21-13-10-19(11-14-21)25(33)29-26-23-22(16-39-26)24(28(35)38-8-3)30-32(27(23)34)20-12-9-17(4)18(5)15-20/h9-16H,6-8H2,1-5H3,(H,29,33). The number of amides is 1. The first-order valence-electron chi connectivity index (χ1n) is 12.7. The molecule has 1 N–H and O–H groups in total. The van der Waals surface area contributed by atoms with Gasteiger partial charge in [0.05, 0.1) is 22.6 Å². The molecule has 4 aromatic rings. The number of rotatable bonds is 9. The second kappa shape index (κ2) is 11.7. The van der Waals surface area contributed by atoms with Gasteiger partial charge in [-0.1, -0.05) is 19.9 Å². The molecule has 210 valence electrons. The Balaban J connectivity index is 1.76. The zero-order valence-electron chi connectivity index (χ0n) is 22.8. The van der Waals surface area contributed by atoms with Gasteiger partial charge in [0, 0.05) is 29.4 Å². The molecule has 0 unspecified atom stereocenters. The van der Waals surface area contributed by atoms with Crippen LogP contribution in [0.5, 0.6) is 0 Å². The van der Waals surface area contributed by atoms with Gasteiger partial charge >= 0.3 is 5.97 Å². The number of nitrogens with zero attached hydrogens (tertiary/aromatic N) is 3. The van der Waals surface area contributed by atoms with Crippen LogP contribution in [0.1, 0.15) is 52.7 Å². The van der Waals surface area contributed by atoms with Gasteiger partial charge in [0.1, 0.15) is 5.00 Å². The predicted octanol–water partition coefficient (Wildman–Crippen LogP) is 4.52. The summed E-state index contributed by atoms with van der Waals surface area (Å²) in [6.07, 6.45) is 0. The van der Waals surface area contributed by atoms with Crippen molar-refractivity contribution in [1.82, 2.24) is 14.1 Å². The number of benzene rings is 2. The fourth-order valence-electron chi connectivity index (χ4n) is 4.19. The van der Waals surface area contributed by atoms with E-state index in [-0.39, 0.29) is 38.5 Å². The number of fused-ring (bicyclic) bond motifs is 1. The van der Waals surface area contributed by atoms with Crippen LogP contribution >= 0.6 is 11.3 Å². The van der Waals surface area contributed by atoms with Crippen LogP contribution < -0.4 is 10.9 Å². The topological polar surface area (TPSA) is 128 Å². The van der Waals surface area contributed by atoms with Crippen molar-refractivity contribution in [3.05, 3.63) is 80.6 Å². The van der Waals surface area contributed by atoms with Crippen LogP contribution in [-0.2, 0) is 14.8 Å². The first-order chi connectivity index (χ1) is 19.0. The molecule has 0 atom stereocenters. The van der Waals surface area contributed by atoms with E-state index in [2.05, 4.69) is 10.4 Å². The number of ether oxygens (including phenoxy) is 1. The van der Waals surface area contributed by atoms with E-state index < -0.39 is 27.5 Å². The Hall–Kier alpha value is -3.87. The van der Waals surface area contributed by atoms with E-state index in [0.29, 0.717) is 18.8 Å². The number of carbonyl (C=O) groups excluding carboxylic acids is 2. The van der Waals surface area contributed by atoms with Crippen LogP contribution in [0.25, 0.3) is 16.5 Å². The van der Waals surface area contributed by atoms with E-state index >= 15 is 0 Å². The van der Waals surface area contributed by atoms with Crippen molar-refractivity contribution in [2.24, 2.45) is 0 Å². The monoisotopic (exact) mass is 582 g/mol. The van der Waals surface area contributed by atoms with Crippen molar-refractivity contribution in [3.8, 4) is 5.69 Å². The number of esters is 1. The van der Waals surface area contributed by atoms with Gasteiger partial charge in [-0.2, -0.15) is 14.1 Å². The van der Waals surface area contributed by atoms with E-state index in [1.807, 2.05) is 19.9 Å². The van der Waals surface area contributed by atoms with E-state index in [0.717, 1.165) is 27.1 Å². The molecule has 0 fully saturated rings. The van der Waals surface area contributed by atoms with Crippen LogP contribution in [0.2, 0.25) is 0 Å². The summed E-state index contributed by atoms with van der Waals surface area (Å²) in [6.45, 7) is 9.81. The minimum absolute atomic E-state index is 0.0441. The van der Waals surface area contributed by atoms with Gasteiger partial charge in [0.2, 0.25) is 10.0 Å². The van der Waals surface area contributed by atoms with Gasteiger partial charge in [-0.15, -0.1) is 11.3 Å². The molecule has 0 radical (unpaired) electrons. The molecule has 2 aromatic heterocycles. The van der Waals surface area contributed by atoms with E-state index in [4.69, 9.17) is 4.74 Å². The Bertz CT molecular complexity index is 1750. The zero-order chi connectivity index (χ0) is 29.2. The fraction of sp³-hybridized carbons (Fsp3) is 0.286. The Morgan fingerprint density at radius 2 is 1.70 bits per heavy atom. The molecule has 1 amide bonds. The predicted molar refractivity (Wildman–Crippen MR) is 155 cm³/mol. The lowest BCUT2D eigenvalue weighted by molar-refractivity contribution is 0.0519. The minimum Gasteiger partial charge on any atom is -0.461 e. The van der Waals surface area contributed by atoms with Gasteiger partial charge in [-0.25, -0.2) is 13.2 Å². The maximum absolute atomic E-state index is 13.7. The summed E-state index contributed by atoms with van der Waals surface area (Å²) in [4.78, 5) is 39.7. The van der Waals surface area contributed by atoms with Gasteiger partial charge in [0.25, 0.3) is 11.5 Å². The smallest absolute Gasteiger partial charge is 0.359 e. The molecule has 2 aromatic carbocycles. The number of aryl methyl sites for hydroxylation is 2. The average molecular weight is 583 g/mol. The SMILES string of the molecule is CCOC(=O)c1nn(-c2ccc(C)c(C)c2)c(=O)c2c(NC(=O)c3ccc(S(=O)(=O)N(CC)CC)cc3)scc12. The molecule has 0 saturated heterocycles. The molecule has 0 spiro atoms. The molecule has 40 heavy (non-hydrogen) atoms. The third-order valence-electron chi connectivity index (χ3n) is 6.54. The van der Waals surface area contributed by atoms with E-state index in [1.165, 1.54) is 28.6 Å². The van der Waals surface area contributed by atoms with Crippen LogP contribution in [0.15, 0.2) is 57.5 Å². The molecule has 0 aliphatic carbocycles. The molecule has 4 rings (SSSR count). The van der Waals surface area contributed by atoms with Crippen molar-refractivity contribution in [1.29, 1.82) is 0 Å². The Morgan fingerprint density at radius 3 is 2.30 bits per heavy atom. The summed E-state index contributed by atoms with van der Waals surface area (Å²) in [5.74, 6) is -1.23. The highest BCUT2D eigenvalue weighted by atomic mass is 32.2. The number of thiophene rings is 1. The van der Waals surface area contributed by atoms with Crippen molar-refractivity contribution in [3.63, 3.8) is 0 Å². The number of carbonyl (C=O) groups is 2. The van der Waals surface area contributed by atoms with Gasteiger partial charge < -0.3 is 10.1 Å². The summed E-state index contributed by atoms with van der Waals surface area (Å²) in [5.41, 5.74) is 2.08. The summed E-state index contributed by atoms with van der Waals surface area (Å²) >= 11 is 1.08. The number of anilines is 1. The maximum Gasteiger partial charge on any atom is 0.359 e. The molecular formula is C28H30N4O6S2. The summed E-state index contributed by atoms with van der Waals surface area (Å²) in [5, 5.41) is 9.28. The lowest BCUT2D eigenvalue weighted by atomic mass is 10.1. The molecule has 0 aliphatic heterocycles. The van der Waals surface area contributed by atoms with Crippen molar-refractivity contribution >= 4 is 49.0 Å². The lowest BCUT2D eigenvalue weighted by Gasteiger charge is -2.18. The van der Waals surface area contributed by atoms with Crippen LogP contribution in [0, 0.1) is 13.8 Å². The summed E-state index contributed by atoms with van der Waals surface area (Å²) < 4.78 is 33.2. The highest BCUT2D eigenvalue weighted by molar-refractivity contribution is 7.89. The molecule has 2 heterocycles. The van der Waals surface area contributed by atoms with Crippen LogP contribution in [0.4, 0.5) is 5.00 Å². The molecular weight excluding hydrogens is 552 g/mol. The van der Waals surface area contributed by atoms with E-state index in [1.54, 1.807) is 38.3 Å². The van der Waals surface area contributed by atoms with Gasteiger partial charge in [-0.05, 0) is 68.3 Å². The second-order valence-electron chi connectivity index (χ2n) is 8.98. The highest BCUT2D eigenvalue weighted by Crippen LogP contribution is 2.31. The van der Waals surface area contributed by atoms with Gasteiger partial charge in [0.15, 0.2) is 5.69 Å². The lowest BCUT2D eigenvalue weighted by Crippen LogP contribution is -2.30. The zero-order valence-corrected chi connectivity index (χ0v) is 24.5. The minimum atomic E-state index is -3.67. The molecule has 0 bridgehead atoms. The van der Waals surface area contributed by atoms with Crippen molar-refractivity contribution in [2.45, 2.75) is 39.5 Å². The molecule has 0 aliphatic rings. The first kappa shape index (κ1) is 29.1. The van der Waals surface area contributed by atoms with E-state index in [9.17, 15) is 22.8 Å². The number of hydrogen-bond acceptors (Lipinski definition) is 8. The highest BCUT2D eigenvalue weighted by Gasteiger charge is 2.25. The normalized spacial score (nSPS) is 11.7. The Kier molecular flexibility index (Phi) is 8.52. The third kappa shape index (κ3) is 5.42. The molecule has 0 saturated carbocycles. The molecule has 10 nitrogen and oxygen atoms in total. The largest absolute Gasteiger partial charge is 0.461 e. The maximum atomic E-state index is 13.7. The molecule has 12 heteroatoms. The average Bonchev–Trinajstić information content (AvgIpc) is 3.35. The van der Waals surface area contributed by atoms with Crippen molar-refractivity contribution in [2.75, 3.05) is 25.0 Å². The van der Waals surface area contributed by atoms with Crippen LogP contribution in [0.3, 0.4) is 0 Å². The van der Waals surface area contributed by atoms with Gasteiger partial charge in [-0.3, -0.25) is 9.59 Å². The van der Waals surface area contributed by atoms with Crippen LogP contribution in [-0.4, -0.2) is 54.1 Å². The second-order valence-corrected chi connectivity index (χ2v) is 11.8. The number of nitrogens with one attached hydrogen (secondary N) is 1. The van der Waals surface area contributed by atoms with Crippen molar-refractivity contribution < 1.29 is 22.7 Å². The fourth-order valence-corrected chi connectivity index (χ4v) is 6.58. The Labute approximate surface area is 236 Å². The Morgan fingerprint density at radius 1 is 1.02 bits per heavy atom. The summed E-state index contributed by atoms with van der Waals surface area (Å²) in [7, 11) is -3.67. The summed E-state index contributed by atoms with van der Waals surface area (Å²) in [6, 6.07) is 11.0.